The van der Waals surface area contributed by atoms with Gasteiger partial charge in [-0.05, 0) is 55.5 Å². The summed E-state index contributed by atoms with van der Waals surface area (Å²) in [5.41, 5.74) is 4.33. The van der Waals surface area contributed by atoms with Gasteiger partial charge in [-0.25, -0.2) is 9.97 Å². The van der Waals surface area contributed by atoms with Crippen LogP contribution in [0.15, 0.2) is 71.6 Å². The molecular formula is C29H33N3O4. The van der Waals surface area contributed by atoms with Crippen molar-refractivity contribution < 1.29 is 19.4 Å². The Morgan fingerprint density at radius 1 is 1.06 bits per heavy atom. The van der Waals surface area contributed by atoms with Crippen molar-refractivity contribution >= 4 is 12.2 Å². The van der Waals surface area contributed by atoms with Gasteiger partial charge in [-0.1, -0.05) is 42.0 Å². The maximum Gasteiger partial charge on any atom is 0.218 e. The number of aliphatic hydroxyl groups is 2. The largest absolute Gasteiger partial charge is 0.487 e. The molecule has 0 aliphatic heterocycles. The van der Waals surface area contributed by atoms with Gasteiger partial charge in [0.25, 0.3) is 0 Å². The third-order valence-corrected chi connectivity index (χ3v) is 5.92. The monoisotopic (exact) mass is 487 g/mol. The highest BCUT2D eigenvalue weighted by Crippen LogP contribution is 2.17. The molecule has 2 N–H and O–H groups in total. The Balaban J connectivity index is 1.18. The Morgan fingerprint density at radius 2 is 1.86 bits per heavy atom. The number of hydrogen-bond acceptors (Lipinski definition) is 6. The highest BCUT2D eigenvalue weighted by atomic mass is 16.5. The van der Waals surface area contributed by atoms with Crippen LogP contribution >= 0.6 is 0 Å². The molecule has 2 heterocycles. The first-order valence-corrected chi connectivity index (χ1v) is 12.3. The van der Waals surface area contributed by atoms with Crippen LogP contribution in [-0.2, 0) is 26.0 Å². The van der Waals surface area contributed by atoms with E-state index in [1.54, 1.807) is 12.5 Å². The van der Waals surface area contributed by atoms with Gasteiger partial charge in [-0.15, -0.1) is 0 Å². The fourth-order valence-electron chi connectivity index (χ4n) is 3.84. The molecule has 1 atom stereocenters. The van der Waals surface area contributed by atoms with Crippen LogP contribution in [-0.4, -0.2) is 37.5 Å². The van der Waals surface area contributed by atoms with Crippen molar-refractivity contribution in [1.82, 2.24) is 14.5 Å². The van der Waals surface area contributed by atoms with E-state index in [2.05, 4.69) is 53.3 Å². The molecule has 7 nitrogen and oxygen atoms in total. The number of hydrogen-bond donors (Lipinski definition) is 2. The number of aryl methyl sites for hydroxylation is 3. The molecule has 7 heteroatoms. The first-order chi connectivity index (χ1) is 17.6. The minimum absolute atomic E-state index is 0.252. The Hall–Kier alpha value is -3.68. The van der Waals surface area contributed by atoms with Gasteiger partial charge in [-0.2, -0.15) is 0 Å². The summed E-state index contributed by atoms with van der Waals surface area (Å²) in [4.78, 5) is 8.74. The average molecular weight is 488 g/mol. The van der Waals surface area contributed by atoms with Gasteiger partial charge in [-0.3, -0.25) is 0 Å². The number of oxazole rings is 1. The molecule has 0 aliphatic carbocycles. The maximum atomic E-state index is 9.64. The molecule has 0 saturated heterocycles. The summed E-state index contributed by atoms with van der Waals surface area (Å²) in [7, 11) is 0. The molecule has 0 saturated carbocycles. The molecule has 0 fully saturated rings. The number of nitrogens with zero attached hydrogens (tertiary/aromatic N) is 3. The van der Waals surface area contributed by atoms with Gasteiger partial charge >= 0.3 is 0 Å². The van der Waals surface area contributed by atoms with Crippen LogP contribution in [0, 0.1) is 6.92 Å². The second-order valence-electron chi connectivity index (χ2n) is 8.89. The fourth-order valence-corrected chi connectivity index (χ4v) is 3.84. The molecule has 1 unspecified atom stereocenters. The third-order valence-electron chi connectivity index (χ3n) is 5.92. The predicted octanol–water partition coefficient (Wildman–Crippen LogP) is 4.85. The summed E-state index contributed by atoms with van der Waals surface area (Å²) >= 11 is 0. The standard InChI is InChI=1S/C29H33N3O4/c1-22-5-7-24(8-6-22)11-14-29-31-25(21-36-29)20-35-27-12-9-23(10-13-27)4-2-3-16-32-17-15-30-28(32)18-26(34)19-33/h5-15,17,21,26,33-34H,2-4,16,18-20H2,1H3/b14-11+. The highest BCUT2D eigenvalue weighted by molar-refractivity contribution is 5.66. The summed E-state index contributed by atoms with van der Waals surface area (Å²) in [6.07, 6.45) is 11.7. The molecule has 0 amide bonds. The molecule has 2 aromatic heterocycles. The van der Waals surface area contributed by atoms with Crippen LogP contribution in [0.4, 0.5) is 0 Å². The molecule has 4 rings (SSSR count). The summed E-state index contributed by atoms with van der Waals surface area (Å²) in [5.74, 6) is 2.15. The van der Waals surface area contributed by atoms with Crippen LogP contribution in [0.5, 0.6) is 5.75 Å². The van der Waals surface area contributed by atoms with E-state index in [-0.39, 0.29) is 6.61 Å². The Morgan fingerprint density at radius 3 is 2.64 bits per heavy atom. The van der Waals surface area contributed by atoms with Crippen molar-refractivity contribution in [2.45, 2.75) is 51.9 Å². The smallest absolute Gasteiger partial charge is 0.218 e. The number of aliphatic hydroxyl groups excluding tert-OH is 2. The predicted molar refractivity (Wildman–Crippen MR) is 139 cm³/mol. The lowest BCUT2D eigenvalue weighted by molar-refractivity contribution is 0.0931. The molecule has 0 bridgehead atoms. The van der Waals surface area contributed by atoms with Gasteiger partial charge in [0.15, 0.2) is 0 Å². The highest BCUT2D eigenvalue weighted by Gasteiger charge is 2.09. The van der Waals surface area contributed by atoms with Crippen molar-refractivity contribution in [1.29, 1.82) is 0 Å². The summed E-state index contributed by atoms with van der Waals surface area (Å²) < 4.78 is 13.4. The van der Waals surface area contributed by atoms with Crippen LogP contribution < -0.4 is 4.74 Å². The topological polar surface area (TPSA) is 93.5 Å². The summed E-state index contributed by atoms with van der Waals surface area (Å²) in [6, 6.07) is 16.4. The van der Waals surface area contributed by atoms with Crippen molar-refractivity contribution in [2.24, 2.45) is 0 Å². The molecule has 0 aliphatic rings. The molecule has 4 aromatic rings. The number of unbranched alkanes of at least 4 members (excludes halogenated alkanes) is 1. The van der Waals surface area contributed by atoms with Gasteiger partial charge in [0.05, 0.1) is 12.7 Å². The molecule has 0 radical (unpaired) electrons. The van der Waals surface area contributed by atoms with E-state index in [0.29, 0.717) is 18.9 Å². The Labute approximate surface area is 211 Å². The fraction of sp³-hybridized carbons (Fsp3) is 0.310. The zero-order valence-electron chi connectivity index (χ0n) is 20.6. The maximum absolute atomic E-state index is 9.64. The summed E-state index contributed by atoms with van der Waals surface area (Å²) in [6.45, 7) is 3.00. The molecule has 188 valence electrons. The normalized spacial score (nSPS) is 12.3. The van der Waals surface area contributed by atoms with Crippen molar-refractivity contribution in [3.05, 3.63) is 101 Å². The SMILES string of the molecule is Cc1ccc(/C=C/c2nc(COc3ccc(CCCCn4ccnc4CC(O)CO)cc3)co2)cc1. The van der Waals surface area contributed by atoms with Crippen LogP contribution in [0.2, 0.25) is 0 Å². The van der Waals surface area contributed by atoms with E-state index in [9.17, 15) is 5.11 Å². The zero-order chi connectivity index (χ0) is 25.2. The number of aromatic nitrogens is 3. The van der Waals surface area contributed by atoms with E-state index in [0.717, 1.165) is 48.6 Å². The average Bonchev–Trinajstić information content (AvgIpc) is 3.55. The minimum atomic E-state index is -0.765. The van der Waals surface area contributed by atoms with Crippen molar-refractivity contribution in [2.75, 3.05) is 6.61 Å². The minimum Gasteiger partial charge on any atom is -0.487 e. The third kappa shape index (κ3) is 7.66. The van der Waals surface area contributed by atoms with Gasteiger partial charge in [0, 0.05) is 31.4 Å². The second-order valence-corrected chi connectivity index (χ2v) is 8.89. The lowest BCUT2D eigenvalue weighted by atomic mass is 10.1. The number of ether oxygens (including phenoxy) is 1. The van der Waals surface area contributed by atoms with Gasteiger partial charge in [0.2, 0.25) is 5.89 Å². The van der Waals surface area contributed by atoms with Crippen LogP contribution in [0.3, 0.4) is 0 Å². The quantitative estimate of drug-likeness (QED) is 0.262. The lowest BCUT2D eigenvalue weighted by Gasteiger charge is -2.10. The molecular weight excluding hydrogens is 454 g/mol. The van der Waals surface area contributed by atoms with E-state index in [1.807, 2.05) is 35.0 Å². The Kier molecular flexibility index (Phi) is 9.08. The first kappa shape index (κ1) is 25.4. The van der Waals surface area contributed by atoms with Gasteiger partial charge < -0.3 is 23.9 Å². The van der Waals surface area contributed by atoms with Crippen molar-refractivity contribution in [3.63, 3.8) is 0 Å². The Bertz CT molecular complexity index is 1230. The van der Waals surface area contributed by atoms with E-state index >= 15 is 0 Å². The first-order valence-electron chi connectivity index (χ1n) is 12.3. The van der Waals surface area contributed by atoms with Crippen LogP contribution in [0.25, 0.3) is 12.2 Å². The molecule has 2 aromatic carbocycles. The number of benzene rings is 2. The van der Waals surface area contributed by atoms with Gasteiger partial charge in [0.1, 0.15) is 30.1 Å². The number of imidazole rings is 1. The van der Waals surface area contributed by atoms with Crippen LogP contribution in [0.1, 0.15) is 46.9 Å². The zero-order valence-corrected chi connectivity index (χ0v) is 20.6. The summed E-state index contributed by atoms with van der Waals surface area (Å²) in [5, 5.41) is 18.7. The van der Waals surface area contributed by atoms with Crippen molar-refractivity contribution in [3.8, 4) is 5.75 Å². The molecule has 36 heavy (non-hydrogen) atoms. The number of rotatable bonds is 13. The van der Waals surface area contributed by atoms with E-state index < -0.39 is 6.10 Å². The lowest BCUT2D eigenvalue weighted by Crippen LogP contribution is -2.18. The second kappa shape index (κ2) is 12.9. The van der Waals surface area contributed by atoms with E-state index in [1.165, 1.54) is 11.1 Å². The molecule has 0 spiro atoms. The van der Waals surface area contributed by atoms with E-state index in [4.69, 9.17) is 14.3 Å².